The van der Waals surface area contributed by atoms with Gasteiger partial charge < -0.3 is 23.7 Å². The Balaban J connectivity index is 2.14. The zero-order valence-electron chi connectivity index (χ0n) is 21.1. The van der Waals surface area contributed by atoms with Gasteiger partial charge in [-0.15, -0.1) is 0 Å². The molecule has 190 valence electrons. The second-order valence-corrected chi connectivity index (χ2v) is 8.02. The monoisotopic (exact) mass is 492 g/mol. The summed E-state index contributed by atoms with van der Waals surface area (Å²) >= 11 is 0. The fraction of sp³-hybridized carbons (Fsp3) is 0.241. The van der Waals surface area contributed by atoms with Gasteiger partial charge in [-0.25, -0.2) is 9.59 Å². The zero-order valence-corrected chi connectivity index (χ0v) is 21.1. The van der Waals surface area contributed by atoms with Gasteiger partial charge in [0.25, 0.3) is 0 Å². The molecule has 0 aliphatic heterocycles. The van der Waals surface area contributed by atoms with Crippen molar-refractivity contribution in [3.05, 3.63) is 91.3 Å². The van der Waals surface area contributed by atoms with Gasteiger partial charge in [-0.05, 0) is 61.7 Å². The lowest BCUT2D eigenvalue weighted by atomic mass is 10.0. The number of allylic oxidation sites excluding steroid dienone is 1. The predicted octanol–water partition coefficient (Wildman–Crippen LogP) is 5.82. The van der Waals surface area contributed by atoms with Gasteiger partial charge in [0.2, 0.25) is 0 Å². The molecular formula is C29H32O7. The summed E-state index contributed by atoms with van der Waals surface area (Å²) in [6, 6.07) is 12.5. The summed E-state index contributed by atoms with van der Waals surface area (Å²) in [5, 5.41) is 0. The quantitative estimate of drug-likeness (QED) is 0.0821. The van der Waals surface area contributed by atoms with Crippen molar-refractivity contribution in [2.45, 2.75) is 20.8 Å². The average Bonchev–Trinajstić information content (AvgIpc) is 2.84. The number of esters is 2. The van der Waals surface area contributed by atoms with E-state index in [-0.39, 0.29) is 26.4 Å². The highest BCUT2D eigenvalue weighted by atomic mass is 16.6. The van der Waals surface area contributed by atoms with Gasteiger partial charge in [0.15, 0.2) is 11.5 Å². The van der Waals surface area contributed by atoms with Crippen LogP contribution in [0.3, 0.4) is 0 Å². The van der Waals surface area contributed by atoms with Crippen LogP contribution in [-0.4, -0.2) is 38.4 Å². The minimum Gasteiger partial charge on any atom is -0.490 e. The molecule has 0 N–H and O–H groups in total. The van der Waals surface area contributed by atoms with Crippen molar-refractivity contribution >= 4 is 11.9 Å². The summed E-state index contributed by atoms with van der Waals surface area (Å²) in [6.07, 6.45) is 0. The van der Waals surface area contributed by atoms with Gasteiger partial charge in [-0.2, -0.15) is 0 Å². The first kappa shape index (κ1) is 28.0. The molecule has 0 aliphatic carbocycles. The molecule has 2 aromatic carbocycles. The predicted molar refractivity (Wildman–Crippen MR) is 139 cm³/mol. The highest BCUT2D eigenvalue weighted by Gasteiger charge is 2.11. The van der Waals surface area contributed by atoms with Crippen LogP contribution in [0, 0.1) is 0 Å². The Morgan fingerprint density at radius 2 is 1.19 bits per heavy atom. The molecule has 2 aromatic rings. The summed E-state index contributed by atoms with van der Waals surface area (Å²) in [7, 11) is 0. The normalized spacial score (nSPS) is 10.1. The van der Waals surface area contributed by atoms with Crippen molar-refractivity contribution in [3.8, 4) is 28.4 Å². The van der Waals surface area contributed by atoms with E-state index in [9.17, 15) is 9.59 Å². The third kappa shape index (κ3) is 8.83. The molecule has 0 heterocycles. The van der Waals surface area contributed by atoms with Gasteiger partial charge >= 0.3 is 11.9 Å². The Kier molecular flexibility index (Phi) is 10.6. The maximum Gasteiger partial charge on any atom is 0.338 e. The van der Waals surface area contributed by atoms with Crippen LogP contribution in [-0.2, 0) is 19.1 Å². The number of hydrogen-bond donors (Lipinski definition) is 0. The topological polar surface area (TPSA) is 80.3 Å². The minimum absolute atomic E-state index is 0.0683. The fourth-order valence-electron chi connectivity index (χ4n) is 2.68. The van der Waals surface area contributed by atoms with Crippen LogP contribution >= 0.6 is 0 Å². The molecule has 0 aromatic heterocycles. The van der Waals surface area contributed by atoms with Gasteiger partial charge in [0.1, 0.15) is 37.9 Å². The van der Waals surface area contributed by atoms with Gasteiger partial charge in [0.05, 0.1) is 0 Å². The van der Waals surface area contributed by atoms with E-state index in [0.29, 0.717) is 34.2 Å². The molecule has 0 amide bonds. The van der Waals surface area contributed by atoms with Crippen LogP contribution < -0.4 is 14.2 Å². The number of carbonyl (C=O) groups excluding carboxylic acids is 2. The van der Waals surface area contributed by atoms with Crippen molar-refractivity contribution in [3.63, 3.8) is 0 Å². The third-order valence-electron chi connectivity index (χ3n) is 4.71. The van der Waals surface area contributed by atoms with Crippen molar-refractivity contribution in [2.24, 2.45) is 0 Å². The lowest BCUT2D eigenvalue weighted by molar-refractivity contribution is -0.139. The molecule has 0 radical (unpaired) electrons. The first-order valence-electron chi connectivity index (χ1n) is 11.3. The van der Waals surface area contributed by atoms with Crippen LogP contribution in [0.5, 0.6) is 17.2 Å². The van der Waals surface area contributed by atoms with Crippen LogP contribution in [0.25, 0.3) is 11.1 Å². The first-order valence-corrected chi connectivity index (χ1v) is 11.3. The van der Waals surface area contributed by atoms with Crippen LogP contribution in [0.2, 0.25) is 0 Å². The maximum atomic E-state index is 11.7. The third-order valence-corrected chi connectivity index (χ3v) is 4.71. The molecule has 0 spiro atoms. The van der Waals surface area contributed by atoms with Crippen LogP contribution in [0.15, 0.2) is 91.3 Å². The number of benzene rings is 2. The van der Waals surface area contributed by atoms with Crippen molar-refractivity contribution in [1.29, 1.82) is 0 Å². The molecule has 0 atom stereocenters. The molecule has 0 bridgehead atoms. The zero-order chi connectivity index (χ0) is 26.7. The summed E-state index contributed by atoms with van der Waals surface area (Å²) in [6.45, 7) is 20.4. The number of hydrogen-bond acceptors (Lipinski definition) is 7. The Labute approximate surface area is 212 Å². The van der Waals surface area contributed by atoms with E-state index in [1.165, 1.54) is 0 Å². The van der Waals surface area contributed by atoms with E-state index in [2.05, 4.69) is 26.3 Å². The van der Waals surface area contributed by atoms with Crippen LogP contribution in [0.1, 0.15) is 20.8 Å². The molecule has 7 nitrogen and oxygen atoms in total. The van der Waals surface area contributed by atoms with Crippen molar-refractivity contribution < 1.29 is 33.3 Å². The maximum absolute atomic E-state index is 11.7. The van der Waals surface area contributed by atoms with Crippen molar-refractivity contribution in [1.82, 2.24) is 0 Å². The van der Waals surface area contributed by atoms with Gasteiger partial charge in [0, 0.05) is 11.1 Å². The molecule has 0 aliphatic rings. The highest BCUT2D eigenvalue weighted by Crippen LogP contribution is 2.33. The second-order valence-electron chi connectivity index (χ2n) is 8.02. The Morgan fingerprint density at radius 1 is 0.639 bits per heavy atom. The SMILES string of the molecule is C=C(C)C(=C)OCCOc1cc(-c2ccc(OC(=O)C(=C)C)cc2)ccc1OCCOC(=O)C(=C)C. The van der Waals surface area contributed by atoms with Gasteiger partial charge in [-0.3, -0.25) is 0 Å². The summed E-state index contributed by atoms with van der Waals surface area (Å²) in [5.41, 5.74) is 3.12. The Bertz CT molecular complexity index is 1140. The second kappa shape index (κ2) is 13.6. The Hall–Kier alpha value is -4.26. The molecule has 7 heteroatoms. The van der Waals surface area contributed by atoms with E-state index < -0.39 is 11.9 Å². The van der Waals surface area contributed by atoms with Crippen molar-refractivity contribution in [2.75, 3.05) is 26.4 Å². The van der Waals surface area contributed by atoms with E-state index in [1.807, 2.05) is 31.2 Å². The lowest BCUT2D eigenvalue weighted by Crippen LogP contribution is -2.13. The van der Waals surface area contributed by atoms with E-state index in [1.54, 1.807) is 32.0 Å². The fourth-order valence-corrected chi connectivity index (χ4v) is 2.68. The number of carbonyl (C=O) groups is 2. The largest absolute Gasteiger partial charge is 0.490 e. The molecule has 36 heavy (non-hydrogen) atoms. The summed E-state index contributed by atoms with van der Waals surface area (Å²) in [4.78, 5) is 23.3. The Morgan fingerprint density at radius 3 is 1.78 bits per heavy atom. The van der Waals surface area contributed by atoms with E-state index in [0.717, 1.165) is 16.7 Å². The molecular weight excluding hydrogens is 460 g/mol. The van der Waals surface area contributed by atoms with E-state index >= 15 is 0 Å². The van der Waals surface area contributed by atoms with Crippen LogP contribution in [0.4, 0.5) is 0 Å². The molecule has 0 unspecified atom stereocenters. The summed E-state index contributed by atoms with van der Waals surface area (Å²) < 4.78 is 27.6. The molecule has 2 rings (SSSR count). The number of rotatable bonds is 14. The van der Waals surface area contributed by atoms with E-state index in [4.69, 9.17) is 23.7 Å². The standard InChI is InChI=1S/C29H32O7/c1-19(2)22(7)32-14-15-34-27-18-24(10-13-26(27)33-16-17-35-28(30)20(3)4)23-8-11-25(12-9-23)36-29(31)21(5)6/h8-13,18H,1,3,5,7,14-17H2,2,4,6H3. The van der Waals surface area contributed by atoms with Gasteiger partial charge in [-0.1, -0.05) is 44.5 Å². The minimum atomic E-state index is -0.481. The molecule has 0 saturated heterocycles. The highest BCUT2D eigenvalue weighted by molar-refractivity contribution is 5.89. The lowest BCUT2D eigenvalue weighted by Gasteiger charge is -2.15. The summed E-state index contributed by atoms with van der Waals surface area (Å²) in [5.74, 6) is 0.929. The first-order chi connectivity index (χ1) is 17.1. The molecule has 0 fully saturated rings. The average molecular weight is 493 g/mol. The number of ether oxygens (including phenoxy) is 5. The smallest absolute Gasteiger partial charge is 0.338 e. The molecule has 0 saturated carbocycles.